The largest absolute Gasteiger partial charge is 0.507 e. The van der Waals surface area contributed by atoms with Gasteiger partial charge in [-0.2, -0.15) is 0 Å². The average Bonchev–Trinajstić information content (AvgIpc) is 2.34. The molecule has 0 saturated heterocycles. The molecule has 6 nitrogen and oxygen atoms in total. The highest BCUT2D eigenvalue weighted by atomic mass is 32.2. The third-order valence-corrected chi connectivity index (χ3v) is 3.24. The molecule has 1 aromatic carbocycles. The van der Waals surface area contributed by atoms with Crippen molar-refractivity contribution < 1.29 is 18.3 Å². The highest BCUT2D eigenvalue weighted by Crippen LogP contribution is 2.27. The first-order valence-electron chi connectivity index (χ1n) is 5.94. The molecular weight excluding hydrogens is 268 g/mol. The predicted molar refractivity (Wildman–Crippen MR) is 74.0 cm³/mol. The molecule has 106 valence electrons. The summed E-state index contributed by atoms with van der Waals surface area (Å²) in [6.07, 6.45) is 0. The molecule has 0 atom stereocenters. The molecular formula is C12H18N2O4S. The number of amides is 1. The van der Waals surface area contributed by atoms with Gasteiger partial charge >= 0.3 is 0 Å². The van der Waals surface area contributed by atoms with Crippen LogP contribution in [-0.4, -0.2) is 37.4 Å². The van der Waals surface area contributed by atoms with Crippen LogP contribution in [0, 0.1) is 6.92 Å². The number of nitrogens with zero attached hydrogens (tertiary/aromatic N) is 1. The zero-order valence-electron chi connectivity index (χ0n) is 11.1. The van der Waals surface area contributed by atoms with Crippen LogP contribution < -0.4 is 4.72 Å². The Bertz CT molecular complexity index is 543. The molecule has 19 heavy (non-hydrogen) atoms. The van der Waals surface area contributed by atoms with Crippen molar-refractivity contribution in [3.05, 3.63) is 23.3 Å². The zero-order chi connectivity index (χ0) is 14.6. The number of rotatable bonds is 5. The van der Waals surface area contributed by atoms with Gasteiger partial charge in [0.2, 0.25) is 10.9 Å². The van der Waals surface area contributed by atoms with Gasteiger partial charge in [0.05, 0.1) is 5.56 Å². The van der Waals surface area contributed by atoms with Crippen LogP contribution in [0.15, 0.2) is 12.1 Å². The quantitative estimate of drug-likeness (QED) is 0.559. The first kappa shape index (κ1) is 15.3. The summed E-state index contributed by atoms with van der Waals surface area (Å²) in [6.45, 7) is 6.31. The second kappa shape index (κ2) is 6.42. The van der Waals surface area contributed by atoms with Crippen molar-refractivity contribution in [1.29, 1.82) is 0 Å². The molecule has 1 aromatic rings. The van der Waals surface area contributed by atoms with Crippen LogP contribution in [0.4, 0.5) is 5.69 Å². The first-order chi connectivity index (χ1) is 8.90. The smallest absolute Gasteiger partial charge is 0.257 e. The zero-order valence-corrected chi connectivity index (χ0v) is 12.0. The minimum Gasteiger partial charge on any atom is -0.507 e. The Morgan fingerprint density at radius 3 is 2.37 bits per heavy atom. The molecule has 7 heteroatoms. The molecule has 0 heterocycles. The summed E-state index contributed by atoms with van der Waals surface area (Å²) in [4.78, 5) is 13.8. The molecule has 2 N–H and O–H groups in total. The molecule has 0 radical (unpaired) electrons. The number of carbonyl (C=O) groups is 1. The molecule has 0 fully saturated rings. The Balaban J connectivity index is 3.25. The standard InChI is InChI=1S/C12H18N2O4S/c1-4-14(5-2)12(16)10-7-9(13-19(17)18)6-8(3)11(10)15/h6-7,15,19H,4-5H2,1-3H3,(H,13,17,18). The third kappa shape index (κ3) is 3.60. The highest BCUT2D eigenvalue weighted by Gasteiger charge is 2.19. The second-order valence-corrected chi connectivity index (χ2v) is 4.77. The lowest BCUT2D eigenvalue weighted by atomic mass is 10.1. The van der Waals surface area contributed by atoms with E-state index in [1.54, 1.807) is 11.8 Å². The van der Waals surface area contributed by atoms with Gasteiger partial charge in [-0.3, -0.25) is 9.52 Å². The minimum atomic E-state index is -2.81. The van der Waals surface area contributed by atoms with Crippen molar-refractivity contribution in [3.63, 3.8) is 0 Å². The van der Waals surface area contributed by atoms with Gasteiger partial charge in [0.25, 0.3) is 5.91 Å². The molecule has 1 rings (SSSR count). The summed E-state index contributed by atoms with van der Waals surface area (Å²) in [7, 11) is -2.81. The molecule has 0 aliphatic carbocycles. The van der Waals surface area contributed by atoms with Crippen LogP contribution in [0.1, 0.15) is 29.8 Å². The number of carbonyl (C=O) groups excluding carboxylic acids is 1. The van der Waals surface area contributed by atoms with E-state index in [2.05, 4.69) is 4.72 Å². The SMILES string of the molecule is CCN(CC)C(=O)c1cc(N[SH](=O)=O)cc(C)c1O. The normalized spacial score (nSPS) is 10.5. The van der Waals surface area contributed by atoms with Gasteiger partial charge in [0.15, 0.2) is 0 Å². The number of phenols is 1. The van der Waals surface area contributed by atoms with Crippen LogP contribution >= 0.6 is 0 Å². The fourth-order valence-corrected chi connectivity index (χ4v) is 2.13. The molecule has 0 aliphatic rings. The number of phenolic OH excluding ortho intramolecular Hbond substituents is 1. The van der Waals surface area contributed by atoms with Crippen molar-refractivity contribution in [3.8, 4) is 5.75 Å². The summed E-state index contributed by atoms with van der Waals surface area (Å²) in [5.41, 5.74) is 0.808. The number of nitrogens with one attached hydrogen (secondary N) is 1. The van der Waals surface area contributed by atoms with E-state index in [1.807, 2.05) is 13.8 Å². The predicted octanol–water partition coefficient (Wildman–Crippen LogP) is 1.12. The van der Waals surface area contributed by atoms with Crippen molar-refractivity contribution in [2.75, 3.05) is 17.8 Å². The molecule has 0 aromatic heterocycles. The summed E-state index contributed by atoms with van der Waals surface area (Å²) < 4.78 is 23.5. The molecule has 0 aliphatic heterocycles. The Hall–Kier alpha value is -1.76. The maximum Gasteiger partial charge on any atom is 0.257 e. The fraction of sp³-hybridized carbons (Fsp3) is 0.417. The topological polar surface area (TPSA) is 86.7 Å². The van der Waals surface area contributed by atoms with Crippen LogP contribution in [0.3, 0.4) is 0 Å². The number of hydrogen-bond acceptors (Lipinski definition) is 4. The molecule has 0 bridgehead atoms. The molecule has 0 saturated carbocycles. The Labute approximate surface area is 114 Å². The van der Waals surface area contributed by atoms with Gasteiger partial charge in [-0.15, -0.1) is 0 Å². The van der Waals surface area contributed by atoms with Gasteiger partial charge in [0.1, 0.15) is 5.75 Å². The lowest BCUT2D eigenvalue weighted by molar-refractivity contribution is 0.0770. The average molecular weight is 286 g/mol. The Morgan fingerprint density at radius 2 is 1.89 bits per heavy atom. The number of thiol groups is 1. The van der Waals surface area contributed by atoms with E-state index in [0.717, 1.165) is 0 Å². The number of hydrogen-bond donors (Lipinski definition) is 3. The number of anilines is 1. The summed E-state index contributed by atoms with van der Waals surface area (Å²) in [6, 6.07) is 2.81. The number of aromatic hydroxyl groups is 1. The lowest BCUT2D eigenvalue weighted by Crippen LogP contribution is -2.30. The van der Waals surface area contributed by atoms with E-state index in [0.29, 0.717) is 18.7 Å². The summed E-state index contributed by atoms with van der Waals surface area (Å²) >= 11 is 0. The number of benzene rings is 1. The molecule has 1 amide bonds. The van der Waals surface area contributed by atoms with Crippen molar-refractivity contribution >= 4 is 22.5 Å². The van der Waals surface area contributed by atoms with Crippen molar-refractivity contribution in [2.24, 2.45) is 0 Å². The minimum absolute atomic E-state index is 0.100. The summed E-state index contributed by atoms with van der Waals surface area (Å²) in [5.74, 6) is -0.445. The van der Waals surface area contributed by atoms with Crippen LogP contribution in [-0.2, 0) is 10.9 Å². The maximum absolute atomic E-state index is 12.2. The van der Waals surface area contributed by atoms with E-state index in [1.165, 1.54) is 12.1 Å². The maximum atomic E-state index is 12.2. The van der Waals surface area contributed by atoms with Gasteiger partial charge in [-0.1, -0.05) is 0 Å². The van der Waals surface area contributed by atoms with Gasteiger partial charge < -0.3 is 10.0 Å². The van der Waals surface area contributed by atoms with E-state index in [-0.39, 0.29) is 22.9 Å². The lowest BCUT2D eigenvalue weighted by Gasteiger charge is -2.20. The molecule has 0 unspecified atom stereocenters. The van der Waals surface area contributed by atoms with E-state index >= 15 is 0 Å². The highest BCUT2D eigenvalue weighted by molar-refractivity contribution is 7.73. The van der Waals surface area contributed by atoms with Crippen molar-refractivity contribution in [1.82, 2.24) is 4.90 Å². The van der Waals surface area contributed by atoms with E-state index in [4.69, 9.17) is 0 Å². The fourth-order valence-electron chi connectivity index (χ4n) is 1.79. The molecule has 0 spiro atoms. The second-order valence-electron chi connectivity index (χ2n) is 4.04. The van der Waals surface area contributed by atoms with Crippen molar-refractivity contribution in [2.45, 2.75) is 20.8 Å². The van der Waals surface area contributed by atoms with Crippen LogP contribution in [0.2, 0.25) is 0 Å². The van der Waals surface area contributed by atoms with Gasteiger partial charge in [-0.25, -0.2) is 8.42 Å². The van der Waals surface area contributed by atoms with Gasteiger partial charge in [0, 0.05) is 18.8 Å². The monoisotopic (exact) mass is 286 g/mol. The van der Waals surface area contributed by atoms with Gasteiger partial charge in [-0.05, 0) is 38.5 Å². The van der Waals surface area contributed by atoms with E-state index in [9.17, 15) is 18.3 Å². The number of aryl methyl sites for hydroxylation is 1. The summed E-state index contributed by atoms with van der Waals surface area (Å²) in [5, 5.41) is 9.94. The third-order valence-electron chi connectivity index (χ3n) is 2.80. The van der Waals surface area contributed by atoms with Crippen LogP contribution in [0.5, 0.6) is 5.75 Å². The van der Waals surface area contributed by atoms with Crippen LogP contribution in [0.25, 0.3) is 0 Å². The van der Waals surface area contributed by atoms with E-state index < -0.39 is 10.9 Å². The Kier molecular flexibility index (Phi) is 5.17. The Morgan fingerprint density at radius 1 is 1.32 bits per heavy atom. The first-order valence-corrected chi connectivity index (χ1v) is 7.12.